The lowest BCUT2D eigenvalue weighted by Gasteiger charge is -2.35. The van der Waals surface area contributed by atoms with E-state index in [-0.39, 0.29) is 34.6 Å². The molecule has 3 rings (SSSR count). The first-order valence-corrected chi connectivity index (χ1v) is 8.62. The summed E-state index contributed by atoms with van der Waals surface area (Å²) in [6.45, 7) is 1.57. The maximum absolute atomic E-state index is 13.8. The standard InChI is InChI=1S/C19H18ClFN2O3/c20-16-2-1-3-17(21)15(16)12-18(25)22-8-10-23(11-9-22)19(26)13-4-6-14(24)7-5-13/h1-7,24H,8-12H2. The van der Waals surface area contributed by atoms with Crippen molar-refractivity contribution < 1.29 is 19.1 Å². The molecular weight excluding hydrogens is 359 g/mol. The number of hydrogen-bond acceptors (Lipinski definition) is 3. The smallest absolute Gasteiger partial charge is 0.253 e. The number of benzene rings is 2. The molecule has 0 unspecified atom stereocenters. The molecule has 1 fully saturated rings. The van der Waals surface area contributed by atoms with E-state index in [1.807, 2.05) is 0 Å². The Kier molecular flexibility index (Phi) is 5.42. The predicted molar refractivity (Wildman–Crippen MR) is 95.7 cm³/mol. The quantitative estimate of drug-likeness (QED) is 0.896. The number of amides is 2. The van der Waals surface area contributed by atoms with E-state index in [2.05, 4.69) is 0 Å². The molecule has 5 nitrogen and oxygen atoms in total. The van der Waals surface area contributed by atoms with Crippen molar-refractivity contribution in [2.75, 3.05) is 26.2 Å². The molecule has 0 atom stereocenters. The highest BCUT2D eigenvalue weighted by Gasteiger charge is 2.25. The number of carbonyl (C=O) groups is 2. The molecule has 0 aliphatic carbocycles. The first kappa shape index (κ1) is 18.2. The van der Waals surface area contributed by atoms with Crippen molar-refractivity contribution >= 4 is 23.4 Å². The number of phenols is 1. The van der Waals surface area contributed by atoms with Crippen LogP contribution in [0.1, 0.15) is 15.9 Å². The zero-order valence-electron chi connectivity index (χ0n) is 14.0. The van der Waals surface area contributed by atoms with Crippen molar-refractivity contribution in [3.05, 3.63) is 64.4 Å². The second-order valence-corrected chi connectivity index (χ2v) is 6.50. The highest BCUT2D eigenvalue weighted by Crippen LogP contribution is 2.21. The fraction of sp³-hybridized carbons (Fsp3) is 0.263. The van der Waals surface area contributed by atoms with Gasteiger partial charge < -0.3 is 14.9 Å². The predicted octanol–water partition coefficient (Wildman–Crippen LogP) is 2.71. The van der Waals surface area contributed by atoms with Crippen LogP contribution in [0.4, 0.5) is 4.39 Å². The molecule has 1 aliphatic heterocycles. The minimum atomic E-state index is -0.494. The number of hydrogen-bond donors (Lipinski definition) is 1. The first-order chi connectivity index (χ1) is 12.5. The Morgan fingerprint density at radius 3 is 2.23 bits per heavy atom. The molecule has 2 aromatic carbocycles. The number of piperazine rings is 1. The summed E-state index contributed by atoms with van der Waals surface area (Å²) in [5, 5.41) is 9.54. The Balaban J connectivity index is 1.58. The molecule has 0 aromatic heterocycles. The van der Waals surface area contributed by atoms with Crippen molar-refractivity contribution in [2.24, 2.45) is 0 Å². The van der Waals surface area contributed by atoms with Gasteiger partial charge in [0.15, 0.2) is 0 Å². The van der Waals surface area contributed by atoms with Gasteiger partial charge in [0.25, 0.3) is 5.91 Å². The highest BCUT2D eigenvalue weighted by molar-refractivity contribution is 6.31. The molecule has 7 heteroatoms. The molecule has 1 N–H and O–H groups in total. The van der Waals surface area contributed by atoms with E-state index in [9.17, 15) is 19.1 Å². The van der Waals surface area contributed by atoms with Gasteiger partial charge in [0.05, 0.1) is 6.42 Å². The third-order valence-corrected chi connectivity index (χ3v) is 4.78. The second kappa shape index (κ2) is 7.74. The third-order valence-electron chi connectivity index (χ3n) is 4.42. The second-order valence-electron chi connectivity index (χ2n) is 6.10. The summed E-state index contributed by atoms with van der Waals surface area (Å²) < 4.78 is 13.8. The molecule has 1 saturated heterocycles. The SMILES string of the molecule is O=C(Cc1c(F)cccc1Cl)N1CCN(C(=O)c2ccc(O)cc2)CC1. The zero-order valence-corrected chi connectivity index (χ0v) is 14.7. The number of halogens is 2. The van der Waals surface area contributed by atoms with Gasteiger partial charge in [-0.05, 0) is 36.4 Å². The molecule has 1 heterocycles. The van der Waals surface area contributed by atoms with Gasteiger partial charge >= 0.3 is 0 Å². The van der Waals surface area contributed by atoms with Crippen molar-refractivity contribution in [3.8, 4) is 5.75 Å². The summed E-state index contributed by atoms with van der Waals surface area (Å²) in [5.74, 6) is -0.751. The molecule has 0 saturated carbocycles. The van der Waals surface area contributed by atoms with Crippen LogP contribution in [-0.2, 0) is 11.2 Å². The summed E-state index contributed by atoms with van der Waals surface area (Å²) in [4.78, 5) is 28.1. The van der Waals surface area contributed by atoms with E-state index in [4.69, 9.17) is 11.6 Å². The van der Waals surface area contributed by atoms with Crippen LogP contribution in [0, 0.1) is 5.82 Å². The fourth-order valence-electron chi connectivity index (χ4n) is 2.91. The highest BCUT2D eigenvalue weighted by atomic mass is 35.5. The Labute approximate surface area is 155 Å². The number of carbonyl (C=O) groups excluding carboxylic acids is 2. The largest absolute Gasteiger partial charge is 0.508 e. The maximum atomic E-state index is 13.8. The summed E-state index contributed by atoms with van der Waals surface area (Å²) in [6, 6.07) is 10.4. The summed E-state index contributed by atoms with van der Waals surface area (Å²) in [5.41, 5.74) is 0.683. The fourth-order valence-corrected chi connectivity index (χ4v) is 3.14. The minimum Gasteiger partial charge on any atom is -0.508 e. The van der Waals surface area contributed by atoms with Crippen LogP contribution >= 0.6 is 11.6 Å². The van der Waals surface area contributed by atoms with E-state index < -0.39 is 5.82 Å². The van der Waals surface area contributed by atoms with Crippen LogP contribution in [0.25, 0.3) is 0 Å². The van der Waals surface area contributed by atoms with Gasteiger partial charge in [0, 0.05) is 42.3 Å². The average Bonchev–Trinajstić information content (AvgIpc) is 2.65. The topological polar surface area (TPSA) is 60.9 Å². The van der Waals surface area contributed by atoms with Gasteiger partial charge in [0.1, 0.15) is 11.6 Å². The van der Waals surface area contributed by atoms with E-state index >= 15 is 0 Å². The normalized spacial score (nSPS) is 14.4. The van der Waals surface area contributed by atoms with Crippen LogP contribution in [0.3, 0.4) is 0 Å². The molecule has 0 radical (unpaired) electrons. The van der Waals surface area contributed by atoms with E-state index in [0.717, 1.165) is 0 Å². The Morgan fingerprint density at radius 1 is 1.00 bits per heavy atom. The van der Waals surface area contributed by atoms with Crippen LogP contribution in [0.5, 0.6) is 5.75 Å². The molecule has 26 heavy (non-hydrogen) atoms. The average molecular weight is 377 g/mol. The van der Waals surface area contributed by atoms with Gasteiger partial charge in [-0.25, -0.2) is 4.39 Å². The van der Waals surface area contributed by atoms with Crippen molar-refractivity contribution in [3.63, 3.8) is 0 Å². The van der Waals surface area contributed by atoms with Crippen LogP contribution < -0.4 is 0 Å². The zero-order chi connectivity index (χ0) is 18.7. The summed E-state index contributed by atoms with van der Waals surface area (Å²) in [6.07, 6.45) is -0.0998. The van der Waals surface area contributed by atoms with Crippen LogP contribution in [-0.4, -0.2) is 52.9 Å². The molecule has 136 valence electrons. The Hall–Kier alpha value is -2.60. The lowest BCUT2D eigenvalue weighted by atomic mass is 10.1. The summed E-state index contributed by atoms with van der Waals surface area (Å²) >= 11 is 5.97. The minimum absolute atomic E-state index is 0.0998. The van der Waals surface area contributed by atoms with Crippen molar-refractivity contribution in [1.29, 1.82) is 0 Å². The van der Waals surface area contributed by atoms with E-state index in [1.165, 1.54) is 24.3 Å². The van der Waals surface area contributed by atoms with Crippen LogP contribution in [0.15, 0.2) is 42.5 Å². The number of rotatable bonds is 3. The van der Waals surface area contributed by atoms with Crippen molar-refractivity contribution in [1.82, 2.24) is 9.80 Å². The molecule has 1 aliphatic rings. The Morgan fingerprint density at radius 2 is 1.62 bits per heavy atom. The van der Waals surface area contributed by atoms with Gasteiger partial charge in [-0.1, -0.05) is 17.7 Å². The lowest BCUT2D eigenvalue weighted by molar-refractivity contribution is -0.132. The van der Waals surface area contributed by atoms with E-state index in [1.54, 1.807) is 28.0 Å². The molecule has 0 bridgehead atoms. The van der Waals surface area contributed by atoms with Gasteiger partial charge in [-0.15, -0.1) is 0 Å². The van der Waals surface area contributed by atoms with Crippen LogP contribution in [0.2, 0.25) is 5.02 Å². The van der Waals surface area contributed by atoms with Gasteiger partial charge in [0.2, 0.25) is 5.91 Å². The van der Waals surface area contributed by atoms with Gasteiger partial charge in [-0.3, -0.25) is 9.59 Å². The lowest BCUT2D eigenvalue weighted by Crippen LogP contribution is -2.51. The number of aromatic hydroxyl groups is 1. The van der Waals surface area contributed by atoms with Gasteiger partial charge in [-0.2, -0.15) is 0 Å². The molecule has 2 amide bonds. The first-order valence-electron chi connectivity index (χ1n) is 8.24. The molecular formula is C19H18ClFN2O3. The Bertz CT molecular complexity index is 798. The maximum Gasteiger partial charge on any atom is 0.253 e. The number of nitrogens with zero attached hydrogens (tertiary/aromatic N) is 2. The molecule has 0 spiro atoms. The number of phenolic OH excluding ortho intramolecular Hbond substituents is 1. The third kappa shape index (κ3) is 3.96. The van der Waals surface area contributed by atoms with Crippen molar-refractivity contribution in [2.45, 2.75) is 6.42 Å². The molecule has 2 aromatic rings. The monoisotopic (exact) mass is 376 g/mol. The van der Waals surface area contributed by atoms with E-state index in [0.29, 0.717) is 31.7 Å². The summed E-state index contributed by atoms with van der Waals surface area (Å²) in [7, 11) is 0.